The number of furan rings is 1. The Bertz CT molecular complexity index is 992. The van der Waals surface area contributed by atoms with E-state index in [1.807, 2.05) is 42.5 Å². The summed E-state index contributed by atoms with van der Waals surface area (Å²) in [6, 6.07) is 17.3. The molecule has 0 spiro atoms. The summed E-state index contributed by atoms with van der Waals surface area (Å²) < 4.78 is 11.2. The predicted molar refractivity (Wildman–Crippen MR) is 118 cm³/mol. The van der Waals surface area contributed by atoms with Gasteiger partial charge in [0.05, 0.1) is 6.26 Å². The van der Waals surface area contributed by atoms with Crippen LogP contribution in [0.4, 0.5) is 11.4 Å². The molecule has 1 aliphatic heterocycles. The van der Waals surface area contributed by atoms with Gasteiger partial charge in [0.1, 0.15) is 12.4 Å². The number of rotatable bonds is 6. The number of piperazine rings is 1. The minimum absolute atomic E-state index is 0.268. The van der Waals surface area contributed by atoms with E-state index in [9.17, 15) is 4.79 Å². The van der Waals surface area contributed by atoms with E-state index in [1.165, 1.54) is 12.0 Å². The Morgan fingerprint density at radius 3 is 2.57 bits per heavy atom. The second kappa shape index (κ2) is 9.05. The smallest absolute Gasteiger partial charge is 0.291 e. The van der Waals surface area contributed by atoms with Gasteiger partial charge < -0.3 is 24.3 Å². The number of hydrogen-bond acceptors (Lipinski definition) is 5. The lowest BCUT2D eigenvalue weighted by atomic mass is 10.1. The fourth-order valence-corrected chi connectivity index (χ4v) is 3.65. The third-order valence-electron chi connectivity index (χ3n) is 5.39. The molecule has 1 N–H and O–H groups in total. The lowest BCUT2D eigenvalue weighted by Gasteiger charge is -2.35. The highest BCUT2D eigenvalue weighted by atomic mass is 16.5. The molecule has 4 rings (SSSR count). The fraction of sp³-hybridized carbons (Fsp3) is 0.292. The number of ether oxygens (including phenoxy) is 1. The zero-order chi connectivity index (χ0) is 20.9. The van der Waals surface area contributed by atoms with Gasteiger partial charge in [-0.2, -0.15) is 0 Å². The maximum atomic E-state index is 12.8. The van der Waals surface area contributed by atoms with Crippen LogP contribution in [0.5, 0.6) is 5.75 Å². The topological polar surface area (TPSA) is 58.0 Å². The van der Waals surface area contributed by atoms with Gasteiger partial charge in [0.25, 0.3) is 5.91 Å². The lowest BCUT2D eigenvalue weighted by molar-refractivity contribution is 0.0993. The van der Waals surface area contributed by atoms with Crippen LogP contribution in [0.2, 0.25) is 0 Å². The predicted octanol–water partition coefficient (Wildman–Crippen LogP) is 4.17. The number of aryl methyl sites for hydroxylation is 1. The Labute approximate surface area is 177 Å². The van der Waals surface area contributed by atoms with E-state index in [4.69, 9.17) is 9.15 Å². The maximum absolute atomic E-state index is 12.8. The summed E-state index contributed by atoms with van der Waals surface area (Å²) in [4.78, 5) is 17.5. The molecule has 0 aliphatic carbocycles. The molecule has 1 aliphatic rings. The molecule has 156 valence electrons. The standard InChI is InChI=1S/C24H27N3O3/c1-18-16-20(8-9-22(18)27-13-11-26(2)12-14-27)25-24(28)23-19(10-15-29-23)17-30-21-6-4-3-5-7-21/h3-10,15-16H,11-14,17H2,1-2H3,(H,25,28). The summed E-state index contributed by atoms with van der Waals surface area (Å²) in [7, 11) is 2.15. The molecular weight excluding hydrogens is 378 g/mol. The molecule has 3 aromatic rings. The zero-order valence-corrected chi connectivity index (χ0v) is 17.4. The fourth-order valence-electron chi connectivity index (χ4n) is 3.65. The Hall–Kier alpha value is -3.25. The number of para-hydroxylation sites is 1. The highest BCUT2D eigenvalue weighted by Crippen LogP contribution is 2.25. The van der Waals surface area contributed by atoms with Crippen LogP contribution in [-0.4, -0.2) is 44.0 Å². The van der Waals surface area contributed by atoms with Gasteiger partial charge in [-0.3, -0.25) is 4.79 Å². The van der Waals surface area contributed by atoms with E-state index >= 15 is 0 Å². The van der Waals surface area contributed by atoms with Crippen LogP contribution < -0.4 is 15.0 Å². The van der Waals surface area contributed by atoms with Crippen LogP contribution in [0.15, 0.2) is 65.3 Å². The monoisotopic (exact) mass is 405 g/mol. The molecule has 0 bridgehead atoms. The average Bonchev–Trinajstić information content (AvgIpc) is 3.23. The van der Waals surface area contributed by atoms with Gasteiger partial charge in [0, 0.05) is 43.1 Å². The summed E-state index contributed by atoms with van der Waals surface area (Å²) in [5.41, 5.74) is 3.82. The first-order valence-corrected chi connectivity index (χ1v) is 10.2. The largest absolute Gasteiger partial charge is 0.489 e. The normalized spacial score (nSPS) is 14.5. The van der Waals surface area contributed by atoms with Crippen molar-refractivity contribution >= 4 is 17.3 Å². The van der Waals surface area contributed by atoms with Crippen LogP contribution in [-0.2, 0) is 6.61 Å². The molecule has 0 saturated carbocycles. The summed E-state index contributed by atoms with van der Waals surface area (Å²) in [6.07, 6.45) is 1.51. The zero-order valence-electron chi connectivity index (χ0n) is 17.4. The average molecular weight is 405 g/mol. The van der Waals surface area contributed by atoms with E-state index in [2.05, 4.69) is 35.2 Å². The summed E-state index contributed by atoms with van der Waals surface area (Å²) in [5.74, 6) is 0.741. The second-order valence-corrected chi connectivity index (χ2v) is 7.62. The highest BCUT2D eigenvalue weighted by Gasteiger charge is 2.18. The van der Waals surface area contributed by atoms with Gasteiger partial charge in [-0.1, -0.05) is 18.2 Å². The Kier molecular flexibility index (Phi) is 6.05. The molecule has 2 aromatic carbocycles. The van der Waals surface area contributed by atoms with Crippen molar-refractivity contribution < 1.29 is 13.9 Å². The van der Waals surface area contributed by atoms with Crippen molar-refractivity contribution in [3.8, 4) is 5.75 Å². The van der Waals surface area contributed by atoms with Crippen LogP contribution in [0.25, 0.3) is 0 Å². The molecule has 1 saturated heterocycles. The van der Waals surface area contributed by atoms with Crippen molar-refractivity contribution in [2.75, 3.05) is 43.4 Å². The van der Waals surface area contributed by atoms with Gasteiger partial charge in [0.15, 0.2) is 5.76 Å². The van der Waals surface area contributed by atoms with E-state index < -0.39 is 0 Å². The van der Waals surface area contributed by atoms with Gasteiger partial charge >= 0.3 is 0 Å². The second-order valence-electron chi connectivity index (χ2n) is 7.62. The highest BCUT2D eigenvalue weighted by molar-refractivity contribution is 6.03. The van der Waals surface area contributed by atoms with E-state index in [1.54, 1.807) is 6.07 Å². The SMILES string of the molecule is Cc1cc(NC(=O)c2occc2COc2ccccc2)ccc1N1CCN(C)CC1. The van der Waals surface area contributed by atoms with Crippen LogP contribution >= 0.6 is 0 Å². The lowest BCUT2D eigenvalue weighted by Crippen LogP contribution is -2.44. The van der Waals surface area contributed by atoms with Crippen molar-refractivity contribution in [2.45, 2.75) is 13.5 Å². The number of benzene rings is 2. The number of hydrogen-bond donors (Lipinski definition) is 1. The van der Waals surface area contributed by atoms with E-state index in [0.717, 1.165) is 43.2 Å². The Morgan fingerprint density at radius 2 is 1.83 bits per heavy atom. The van der Waals surface area contributed by atoms with Crippen LogP contribution in [0.1, 0.15) is 21.7 Å². The maximum Gasteiger partial charge on any atom is 0.291 e. The van der Waals surface area contributed by atoms with Gasteiger partial charge in [-0.25, -0.2) is 0 Å². The number of amides is 1. The number of anilines is 2. The van der Waals surface area contributed by atoms with Crippen LogP contribution in [0, 0.1) is 6.92 Å². The quantitative estimate of drug-likeness (QED) is 0.667. The molecule has 2 heterocycles. The van der Waals surface area contributed by atoms with Crippen molar-refractivity contribution in [2.24, 2.45) is 0 Å². The minimum Gasteiger partial charge on any atom is -0.489 e. The molecule has 0 radical (unpaired) electrons. The number of nitrogens with zero attached hydrogens (tertiary/aromatic N) is 2. The first-order chi connectivity index (χ1) is 14.6. The molecule has 0 unspecified atom stereocenters. The molecule has 6 nitrogen and oxygen atoms in total. The number of likely N-dealkylation sites (N-methyl/N-ethyl adjacent to an activating group) is 1. The summed E-state index contributed by atoms with van der Waals surface area (Å²) in [5, 5.41) is 2.95. The first-order valence-electron chi connectivity index (χ1n) is 10.2. The van der Waals surface area contributed by atoms with Crippen molar-refractivity contribution in [3.05, 3.63) is 77.7 Å². The Balaban J connectivity index is 1.41. The molecular formula is C24H27N3O3. The third kappa shape index (κ3) is 4.66. The van der Waals surface area contributed by atoms with Crippen molar-refractivity contribution in [1.29, 1.82) is 0 Å². The number of nitrogens with one attached hydrogen (secondary N) is 1. The van der Waals surface area contributed by atoms with Gasteiger partial charge in [-0.15, -0.1) is 0 Å². The molecule has 1 fully saturated rings. The van der Waals surface area contributed by atoms with Gasteiger partial charge in [0.2, 0.25) is 0 Å². The number of carbonyl (C=O) groups excluding carboxylic acids is 1. The molecule has 6 heteroatoms. The Morgan fingerprint density at radius 1 is 1.07 bits per heavy atom. The first kappa shape index (κ1) is 20.0. The van der Waals surface area contributed by atoms with E-state index in [0.29, 0.717) is 5.56 Å². The summed E-state index contributed by atoms with van der Waals surface area (Å²) in [6.45, 7) is 6.49. The molecule has 1 aromatic heterocycles. The third-order valence-corrected chi connectivity index (χ3v) is 5.39. The molecule has 1 amide bonds. The van der Waals surface area contributed by atoms with Crippen molar-refractivity contribution in [3.63, 3.8) is 0 Å². The molecule has 30 heavy (non-hydrogen) atoms. The van der Waals surface area contributed by atoms with Crippen LogP contribution in [0.3, 0.4) is 0 Å². The van der Waals surface area contributed by atoms with Gasteiger partial charge in [-0.05, 0) is 55.9 Å². The number of carbonyl (C=O) groups is 1. The molecule has 0 atom stereocenters. The summed E-state index contributed by atoms with van der Waals surface area (Å²) >= 11 is 0. The van der Waals surface area contributed by atoms with Crippen molar-refractivity contribution in [1.82, 2.24) is 4.90 Å². The van der Waals surface area contributed by atoms with E-state index in [-0.39, 0.29) is 18.3 Å². The minimum atomic E-state index is -0.279.